The topological polar surface area (TPSA) is 72.2 Å². The van der Waals surface area contributed by atoms with Crippen molar-refractivity contribution in [1.82, 2.24) is 10.3 Å². The summed E-state index contributed by atoms with van der Waals surface area (Å²) in [6.07, 6.45) is 2.58. The number of ketones is 1. The number of aromatic nitrogens is 1. The van der Waals surface area contributed by atoms with Gasteiger partial charge in [-0.2, -0.15) is 0 Å². The quantitative estimate of drug-likeness (QED) is 0.616. The van der Waals surface area contributed by atoms with Crippen molar-refractivity contribution >= 4 is 11.7 Å². The Morgan fingerprint density at radius 3 is 2.48 bits per heavy atom. The molecule has 1 aromatic heterocycles. The minimum atomic E-state index is -0.137. The van der Waals surface area contributed by atoms with Crippen molar-refractivity contribution in [2.75, 3.05) is 6.54 Å². The number of aryl methyl sites for hydroxylation is 1. The number of Topliss-reactive ketones (excluding diaryl/α,β-unsaturated/α-hetero) is 1. The van der Waals surface area contributed by atoms with Crippen molar-refractivity contribution in [2.45, 2.75) is 26.2 Å². The first-order valence-electron chi connectivity index (χ1n) is 8.98. The molecule has 0 bridgehead atoms. The highest BCUT2D eigenvalue weighted by atomic mass is 16.3. The molecule has 1 amide bonds. The first-order valence-corrected chi connectivity index (χ1v) is 8.98. The summed E-state index contributed by atoms with van der Waals surface area (Å²) in [5.74, 6) is 0.413. The van der Waals surface area contributed by atoms with Crippen molar-refractivity contribution in [1.29, 1.82) is 0 Å². The van der Waals surface area contributed by atoms with Gasteiger partial charge < -0.3 is 9.73 Å². The van der Waals surface area contributed by atoms with Gasteiger partial charge in [-0.15, -0.1) is 0 Å². The lowest BCUT2D eigenvalue weighted by atomic mass is 10.1. The van der Waals surface area contributed by atoms with Gasteiger partial charge in [0.05, 0.1) is 5.69 Å². The molecule has 0 fully saturated rings. The fourth-order valence-electron chi connectivity index (χ4n) is 2.66. The van der Waals surface area contributed by atoms with E-state index >= 15 is 0 Å². The summed E-state index contributed by atoms with van der Waals surface area (Å²) in [7, 11) is 0. The molecule has 1 heterocycles. The molecule has 5 nitrogen and oxygen atoms in total. The van der Waals surface area contributed by atoms with E-state index in [9.17, 15) is 9.59 Å². The number of hydrogen-bond acceptors (Lipinski definition) is 4. The first-order chi connectivity index (χ1) is 13.1. The summed E-state index contributed by atoms with van der Waals surface area (Å²) < 4.78 is 5.51. The van der Waals surface area contributed by atoms with Crippen LogP contribution in [-0.2, 0) is 11.2 Å². The standard InChI is InChI=1S/C22H22N2O3/c1-16-7-9-18(10-8-16)22-24-19(15-27-22)13-14-23-21(26)12-11-20(25)17-5-3-2-4-6-17/h2-10,15H,11-14H2,1H3,(H,23,26). The van der Waals surface area contributed by atoms with Crippen molar-refractivity contribution in [3.05, 3.63) is 77.7 Å². The van der Waals surface area contributed by atoms with Gasteiger partial charge in [-0.3, -0.25) is 9.59 Å². The van der Waals surface area contributed by atoms with Gasteiger partial charge >= 0.3 is 0 Å². The molecular weight excluding hydrogens is 340 g/mol. The molecule has 5 heteroatoms. The summed E-state index contributed by atoms with van der Waals surface area (Å²) in [4.78, 5) is 28.4. The van der Waals surface area contributed by atoms with Crippen LogP contribution < -0.4 is 5.32 Å². The van der Waals surface area contributed by atoms with Crippen molar-refractivity contribution in [2.24, 2.45) is 0 Å². The van der Waals surface area contributed by atoms with Crippen LogP contribution in [-0.4, -0.2) is 23.2 Å². The van der Waals surface area contributed by atoms with Crippen LogP contribution >= 0.6 is 0 Å². The van der Waals surface area contributed by atoms with E-state index < -0.39 is 0 Å². The van der Waals surface area contributed by atoms with Crippen molar-refractivity contribution < 1.29 is 14.0 Å². The Labute approximate surface area is 158 Å². The molecule has 0 spiro atoms. The minimum absolute atomic E-state index is 0.0232. The molecule has 0 aliphatic carbocycles. The molecule has 0 aliphatic heterocycles. The number of rotatable bonds is 8. The Balaban J connectivity index is 1.41. The number of benzene rings is 2. The third kappa shape index (κ3) is 5.38. The largest absolute Gasteiger partial charge is 0.444 e. The van der Waals surface area contributed by atoms with Crippen LogP contribution in [0, 0.1) is 6.92 Å². The smallest absolute Gasteiger partial charge is 0.226 e. The van der Waals surface area contributed by atoms with Crippen molar-refractivity contribution in [3.63, 3.8) is 0 Å². The Morgan fingerprint density at radius 1 is 1.00 bits per heavy atom. The van der Waals surface area contributed by atoms with Gasteiger partial charge in [0.1, 0.15) is 6.26 Å². The normalized spacial score (nSPS) is 10.6. The van der Waals surface area contributed by atoms with Crippen LogP contribution in [0.4, 0.5) is 0 Å². The fraction of sp³-hybridized carbons (Fsp3) is 0.227. The van der Waals surface area contributed by atoms with Crippen LogP contribution in [0.1, 0.15) is 34.5 Å². The lowest BCUT2D eigenvalue weighted by Gasteiger charge is -2.04. The van der Waals surface area contributed by atoms with E-state index in [1.807, 2.05) is 49.4 Å². The number of carbonyl (C=O) groups is 2. The van der Waals surface area contributed by atoms with E-state index in [4.69, 9.17) is 4.42 Å². The summed E-state index contributed by atoms with van der Waals surface area (Å²) >= 11 is 0. The molecule has 1 N–H and O–H groups in total. The lowest BCUT2D eigenvalue weighted by molar-refractivity contribution is -0.121. The van der Waals surface area contributed by atoms with Gasteiger partial charge in [-0.25, -0.2) is 4.98 Å². The Morgan fingerprint density at radius 2 is 1.74 bits per heavy atom. The average molecular weight is 362 g/mol. The van der Waals surface area contributed by atoms with Gasteiger partial charge in [0.15, 0.2) is 5.78 Å². The van der Waals surface area contributed by atoms with E-state index in [-0.39, 0.29) is 24.5 Å². The van der Waals surface area contributed by atoms with E-state index in [2.05, 4.69) is 10.3 Å². The summed E-state index contributed by atoms with van der Waals surface area (Å²) in [5.41, 5.74) is 3.53. The summed E-state index contributed by atoms with van der Waals surface area (Å²) in [5, 5.41) is 2.82. The van der Waals surface area contributed by atoms with E-state index in [0.29, 0.717) is 24.4 Å². The number of hydrogen-bond donors (Lipinski definition) is 1. The highest BCUT2D eigenvalue weighted by Crippen LogP contribution is 2.19. The molecule has 0 aliphatic rings. The molecule has 3 rings (SSSR count). The van der Waals surface area contributed by atoms with Crippen LogP contribution in [0.2, 0.25) is 0 Å². The van der Waals surface area contributed by atoms with Crippen LogP contribution in [0.15, 0.2) is 65.3 Å². The predicted molar refractivity (Wildman–Crippen MR) is 103 cm³/mol. The number of carbonyl (C=O) groups excluding carboxylic acids is 2. The molecule has 0 saturated heterocycles. The summed E-state index contributed by atoms with van der Waals surface area (Å²) in [6.45, 7) is 2.49. The number of amides is 1. The van der Waals surface area contributed by atoms with E-state index in [0.717, 1.165) is 11.3 Å². The second-order valence-corrected chi connectivity index (χ2v) is 6.40. The fourth-order valence-corrected chi connectivity index (χ4v) is 2.66. The average Bonchev–Trinajstić information content (AvgIpc) is 3.16. The third-order valence-corrected chi connectivity index (χ3v) is 4.23. The third-order valence-electron chi connectivity index (χ3n) is 4.23. The predicted octanol–water partition coefficient (Wildman–Crippen LogP) is 3.97. The second kappa shape index (κ2) is 8.94. The van der Waals surface area contributed by atoms with Gasteiger partial charge in [-0.05, 0) is 19.1 Å². The molecule has 0 radical (unpaired) electrons. The second-order valence-electron chi connectivity index (χ2n) is 6.40. The van der Waals surface area contributed by atoms with Crippen LogP contribution in [0.25, 0.3) is 11.5 Å². The number of nitrogens with zero attached hydrogens (tertiary/aromatic N) is 1. The highest BCUT2D eigenvalue weighted by molar-refractivity contribution is 5.97. The molecule has 138 valence electrons. The maximum absolute atomic E-state index is 12.0. The highest BCUT2D eigenvalue weighted by Gasteiger charge is 2.10. The molecule has 27 heavy (non-hydrogen) atoms. The van der Waals surface area contributed by atoms with Crippen molar-refractivity contribution in [3.8, 4) is 11.5 Å². The zero-order chi connectivity index (χ0) is 19.1. The zero-order valence-electron chi connectivity index (χ0n) is 15.3. The number of nitrogens with one attached hydrogen (secondary N) is 1. The lowest BCUT2D eigenvalue weighted by Crippen LogP contribution is -2.26. The zero-order valence-corrected chi connectivity index (χ0v) is 15.3. The van der Waals surface area contributed by atoms with E-state index in [1.54, 1.807) is 18.4 Å². The molecule has 0 atom stereocenters. The molecule has 0 saturated carbocycles. The van der Waals surface area contributed by atoms with Gasteiger partial charge in [0.25, 0.3) is 0 Å². The van der Waals surface area contributed by atoms with Gasteiger partial charge in [0, 0.05) is 36.9 Å². The Kier molecular flexibility index (Phi) is 6.15. The number of oxazole rings is 1. The Bertz CT molecular complexity index is 899. The first kappa shape index (κ1) is 18.6. The molecule has 2 aromatic carbocycles. The molecule has 0 unspecified atom stereocenters. The van der Waals surface area contributed by atoms with E-state index in [1.165, 1.54) is 5.56 Å². The van der Waals surface area contributed by atoms with Gasteiger partial charge in [-0.1, -0.05) is 48.0 Å². The minimum Gasteiger partial charge on any atom is -0.444 e. The SMILES string of the molecule is Cc1ccc(-c2nc(CCNC(=O)CCC(=O)c3ccccc3)co2)cc1. The maximum Gasteiger partial charge on any atom is 0.226 e. The molecular formula is C22H22N2O3. The Hall–Kier alpha value is -3.21. The maximum atomic E-state index is 12.0. The van der Waals surface area contributed by atoms with Gasteiger partial charge in [0.2, 0.25) is 11.8 Å². The van der Waals surface area contributed by atoms with Crippen LogP contribution in [0.5, 0.6) is 0 Å². The monoisotopic (exact) mass is 362 g/mol. The van der Waals surface area contributed by atoms with Crippen LogP contribution in [0.3, 0.4) is 0 Å². The summed E-state index contributed by atoms with van der Waals surface area (Å²) in [6, 6.07) is 17.0. The molecule has 3 aromatic rings.